The predicted octanol–water partition coefficient (Wildman–Crippen LogP) is 5.23. The van der Waals surface area contributed by atoms with Crippen LogP contribution in [0.15, 0.2) is 120 Å². The number of nitrogens with one attached hydrogen (secondary N) is 3. The largest absolute Gasteiger partial charge is 0.493 e. The lowest BCUT2D eigenvalue weighted by atomic mass is 10.1. The Labute approximate surface area is 226 Å². The first-order valence-electron chi connectivity index (χ1n) is 12.1. The summed E-state index contributed by atoms with van der Waals surface area (Å²) in [5, 5.41) is 8.31. The zero-order chi connectivity index (χ0) is 28.3. The van der Waals surface area contributed by atoms with Crippen molar-refractivity contribution < 1.29 is 23.8 Å². The van der Waals surface area contributed by atoms with E-state index in [0.29, 0.717) is 18.1 Å². The normalized spacial score (nSPS) is 15.5. The van der Waals surface area contributed by atoms with E-state index in [9.17, 15) is 9.59 Å². The van der Waals surface area contributed by atoms with Gasteiger partial charge in [-0.2, -0.15) is 0 Å². The van der Waals surface area contributed by atoms with Gasteiger partial charge in [-0.1, -0.05) is 67.8 Å². The van der Waals surface area contributed by atoms with Crippen LogP contribution < -0.4 is 16.0 Å². The van der Waals surface area contributed by atoms with Crippen molar-refractivity contribution in [3.63, 3.8) is 0 Å². The van der Waals surface area contributed by atoms with Crippen LogP contribution in [0.4, 0.5) is 4.79 Å². The average Bonchev–Trinajstić information content (AvgIpc) is 3.16. The first-order chi connectivity index (χ1) is 18.3. The molecule has 1 unspecified atom stereocenters. The molecule has 8 heteroatoms. The van der Waals surface area contributed by atoms with Gasteiger partial charge in [0.05, 0.1) is 21.3 Å². The Hall–Kier alpha value is -4.46. The second-order valence-electron chi connectivity index (χ2n) is 7.87. The Bertz CT molecular complexity index is 1100. The predicted molar refractivity (Wildman–Crippen MR) is 152 cm³/mol. The van der Waals surface area contributed by atoms with Crippen molar-refractivity contribution in [1.82, 2.24) is 16.0 Å². The van der Waals surface area contributed by atoms with Crippen LogP contribution in [-0.2, 0) is 19.0 Å². The second kappa shape index (κ2) is 17.9. The fourth-order valence-corrected chi connectivity index (χ4v) is 3.30. The Morgan fingerprint density at radius 1 is 1.11 bits per heavy atom. The zero-order valence-corrected chi connectivity index (χ0v) is 22.9. The third-order valence-corrected chi connectivity index (χ3v) is 5.30. The molecule has 1 atom stereocenters. The monoisotopic (exact) mass is 521 g/mol. The highest BCUT2D eigenvalue weighted by Crippen LogP contribution is 2.19. The standard InChI is InChI=1S/C30H39N3O5/c1-8-11-15-23(21-32-25-17-14-12-13-16-24(25)9-2)18-19-31-30(35)33-29(34)22(4)20-27(37-6)28(38-7)26(10-3)36-5/h8-16,18-20,23,32H,1-2,17,21H2,3-7H3,(H2,31,33,34,35)/b15-11?,19-18+,22-20+,26-10+,28-27-. The van der Waals surface area contributed by atoms with Crippen LogP contribution in [0, 0.1) is 5.92 Å². The summed E-state index contributed by atoms with van der Waals surface area (Å²) in [4.78, 5) is 24.9. The zero-order valence-electron chi connectivity index (χ0n) is 22.9. The third-order valence-electron chi connectivity index (χ3n) is 5.30. The minimum Gasteiger partial charge on any atom is -0.493 e. The number of imide groups is 1. The molecule has 0 radical (unpaired) electrons. The van der Waals surface area contributed by atoms with Crippen molar-refractivity contribution in [3.8, 4) is 0 Å². The van der Waals surface area contributed by atoms with E-state index in [1.54, 1.807) is 26.0 Å². The number of hydrogen-bond donors (Lipinski definition) is 3. The maximum absolute atomic E-state index is 12.5. The number of urea groups is 1. The summed E-state index contributed by atoms with van der Waals surface area (Å²) in [6.07, 6.45) is 22.6. The first-order valence-corrected chi connectivity index (χ1v) is 12.1. The molecule has 0 fully saturated rings. The molecule has 1 rings (SSSR count). The van der Waals surface area contributed by atoms with Gasteiger partial charge in [0.1, 0.15) is 0 Å². The maximum Gasteiger partial charge on any atom is 0.325 e. The van der Waals surface area contributed by atoms with E-state index in [0.717, 1.165) is 17.7 Å². The number of allylic oxidation sites excluding steroid dienone is 10. The minimum absolute atomic E-state index is 0.0520. The molecule has 0 saturated carbocycles. The van der Waals surface area contributed by atoms with Gasteiger partial charge in [-0.25, -0.2) is 4.79 Å². The Morgan fingerprint density at radius 3 is 2.47 bits per heavy atom. The van der Waals surface area contributed by atoms with Crippen molar-refractivity contribution in [1.29, 1.82) is 0 Å². The van der Waals surface area contributed by atoms with E-state index in [2.05, 4.69) is 35.2 Å². The highest BCUT2D eigenvalue weighted by molar-refractivity contribution is 6.03. The fraction of sp³-hybridized carbons (Fsp3) is 0.267. The number of amides is 3. The van der Waals surface area contributed by atoms with E-state index in [1.165, 1.54) is 33.6 Å². The van der Waals surface area contributed by atoms with Gasteiger partial charge in [-0.15, -0.1) is 0 Å². The summed E-state index contributed by atoms with van der Waals surface area (Å²) in [5.74, 6) is 0.382. The number of carbonyl (C=O) groups is 2. The molecule has 0 spiro atoms. The Kier molecular flexibility index (Phi) is 14.9. The number of ether oxygens (including phenoxy) is 3. The van der Waals surface area contributed by atoms with Crippen molar-refractivity contribution in [2.45, 2.75) is 20.3 Å². The number of hydrogen-bond acceptors (Lipinski definition) is 6. The maximum atomic E-state index is 12.5. The molecular weight excluding hydrogens is 482 g/mol. The lowest BCUT2D eigenvalue weighted by molar-refractivity contribution is -0.116. The summed E-state index contributed by atoms with van der Waals surface area (Å²) in [6, 6.07) is -0.671. The minimum atomic E-state index is -0.671. The molecule has 204 valence electrons. The van der Waals surface area contributed by atoms with Crippen LogP contribution in [-0.4, -0.2) is 39.8 Å². The van der Waals surface area contributed by atoms with Crippen molar-refractivity contribution in [2.24, 2.45) is 5.92 Å². The first kappa shape index (κ1) is 31.6. The molecule has 8 nitrogen and oxygen atoms in total. The summed E-state index contributed by atoms with van der Waals surface area (Å²) in [7, 11) is 4.41. The van der Waals surface area contributed by atoms with Gasteiger partial charge in [0.25, 0.3) is 5.91 Å². The van der Waals surface area contributed by atoms with E-state index < -0.39 is 11.9 Å². The molecule has 0 aromatic heterocycles. The fourth-order valence-electron chi connectivity index (χ4n) is 3.30. The quantitative estimate of drug-likeness (QED) is 0.165. The molecule has 0 aliphatic heterocycles. The van der Waals surface area contributed by atoms with E-state index in [-0.39, 0.29) is 17.3 Å². The van der Waals surface area contributed by atoms with E-state index >= 15 is 0 Å². The van der Waals surface area contributed by atoms with Gasteiger partial charge in [-0.3, -0.25) is 10.1 Å². The van der Waals surface area contributed by atoms with Gasteiger partial charge < -0.3 is 24.8 Å². The van der Waals surface area contributed by atoms with E-state index in [4.69, 9.17) is 14.2 Å². The lowest BCUT2D eigenvalue weighted by Crippen LogP contribution is -2.37. The molecule has 0 aromatic rings. The number of rotatable bonds is 14. The SMILES string of the molecule is C=CC=CC(/C=C/NC(=O)NC(=O)/C(C)=C/C(OC)=C(OC)\C(=C/C)OC)CNC1=C(C=C)C=CC=CC1. The molecule has 38 heavy (non-hydrogen) atoms. The van der Waals surface area contributed by atoms with Crippen molar-refractivity contribution in [3.05, 3.63) is 120 Å². The molecule has 0 aromatic carbocycles. The molecular formula is C30H39N3O5. The second-order valence-corrected chi connectivity index (χ2v) is 7.87. The smallest absolute Gasteiger partial charge is 0.325 e. The Morgan fingerprint density at radius 2 is 1.87 bits per heavy atom. The highest BCUT2D eigenvalue weighted by Gasteiger charge is 2.15. The summed E-state index contributed by atoms with van der Waals surface area (Å²) < 4.78 is 16.0. The van der Waals surface area contributed by atoms with Crippen LogP contribution in [0.1, 0.15) is 20.3 Å². The van der Waals surface area contributed by atoms with Gasteiger partial charge in [0.2, 0.25) is 5.76 Å². The molecule has 0 bridgehead atoms. The van der Waals surface area contributed by atoms with E-state index in [1.807, 2.05) is 42.5 Å². The highest BCUT2D eigenvalue weighted by atomic mass is 16.5. The van der Waals surface area contributed by atoms with Crippen LogP contribution in [0.25, 0.3) is 0 Å². The van der Waals surface area contributed by atoms with Gasteiger partial charge in [-0.05, 0) is 31.6 Å². The van der Waals surface area contributed by atoms with Crippen LogP contribution in [0.3, 0.4) is 0 Å². The summed E-state index contributed by atoms with van der Waals surface area (Å²) in [6.45, 7) is 11.5. The van der Waals surface area contributed by atoms with Crippen LogP contribution in [0.5, 0.6) is 0 Å². The molecule has 0 saturated heterocycles. The molecule has 3 N–H and O–H groups in total. The average molecular weight is 522 g/mol. The summed E-state index contributed by atoms with van der Waals surface area (Å²) in [5.41, 5.74) is 2.32. The van der Waals surface area contributed by atoms with Crippen LogP contribution >= 0.6 is 0 Å². The van der Waals surface area contributed by atoms with Crippen LogP contribution in [0.2, 0.25) is 0 Å². The topological polar surface area (TPSA) is 97.9 Å². The van der Waals surface area contributed by atoms with Crippen molar-refractivity contribution >= 4 is 11.9 Å². The molecule has 1 aliphatic rings. The summed E-state index contributed by atoms with van der Waals surface area (Å²) >= 11 is 0. The van der Waals surface area contributed by atoms with Gasteiger partial charge >= 0.3 is 6.03 Å². The Balaban J connectivity index is 2.85. The van der Waals surface area contributed by atoms with Crippen molar-refractivity contribution in [2.75, 3.05) is 27.9 Å². The van der Waals surface area contributed by atoms with Gasteiger partial charge in [0, 0.05) is 36.4 Å². The third kappa shape index (κ3) is 10.7. The molecule has 1 aliphatic carbocycles. The molecule has 0 heterocycles. The lowest BCUT2D eigenvalue weighted by Gasteiger charge is -2.15. The number of carbonyl (C=O) groups excluding carboxylic acids is 2. The van der Waals surface area contributed by atoms with Gasteiger partial charge in [0.15, 0.2) is 11.5 Å². The molecule has 3 amide bonds. The number of methoxy groups -OCH3 is 3.